The van der Waals surface area contributed by atoms with Crippen molar-refractivity contribution >= 4 is 23.5 Å². The molecule has 104 valence electrons. The van der Waals surface area contributed by atoms with Gasteiger partial charge in [-0.3, -0.25) is 0 Å². The van der Waals surface area contributed by atoms with Crippen molar-refractivity contribution in [3.8, 4) is 5.75 Å². The fourth-order valence-electron chi connectivity index (χ4n) is 1.36. The largest absolute Gasteiger partial charge is 0.482 e. The molecule has 0 bridgehead atoms. The summed E-state index contributed by atoms with van der Waals surface area (Å²) in [5.41, 5.74) is 0.807. The first-order valence-electron chi connectivity index (χ1n) is 5.60. The normalized spacial score (nSPS) is 11.6. The third-order valence-electron chi connectivity index (χ3n) is 2.32. The molecule has 6 heteroatoms. The molecular formula is C13H15ClO5. The highest BCUT2D eigenvalue weighted by Crippen LogP contribution is 2.21. The molecule has 1 aromatic rings. The van der Waals surface area contributed by atoms with Crippen LogP contribution in [0.5, 0.6) is 5.75 Å². The summed E-state index contributed by atoms with van der Waals surface area (Å²) in [6, 6.07) is 5.04. The molecule has 0 aliphatic carbocycles. The van der Waals surface area contributed by atoms with Gasteiger partial charge in [-0.15, -0.1) is 0 Å². The minimum Gasteiger partial charge on any atom is -0.482 e. The molecule has 0 fully saturated rings. The topological polar surface area (TPSA) is 61.8 Å². The fraction of sp³-hybridized carbons (Fsp3) is 0.385. The van der Waals surface area contributed by atoms with Gasteiger partial charge >= 0.3 is 11.9 Å². The van der Waals surface area contributed by atoms with E-state index in [9.17, 15) is 9.59 Å². The Balaban J connectivity index is 2.48. The van der Waals surface area contributed by atoms with Gasteiger partial charge in [0.25, 0.3) is 0 Å². The van der Waals surface area contributed by atoms with E-state index in [2.05, 4.69) is 4.74 Å². The molecule has 0 aromatic heterocycles. The Morgan fingerprint density at radius 2 is 2.05 bits per heavy atom. The average Bonchev–Trinajstić information content (AvgIpc) is 2.36. The first kappa shape index (κ1) is 15.3. The van der Waals surface area contributed by atoms with Gasteiger partial charge in [-0.1, -0.05) is 11.6 Å². The van der Waals surface area contributed by atoms with Crippen LogP contribution in [0.4, 0.5) is 0 Å². The molecule has 1 atom stereocenters. The Morgan fingerprint density at radius 1 is 1.37 bits per heavy atom. The number of hydrogen-bond donors (Lipinski definition) is 0. The van der Waals surface area contributed by atoms with Crippen molar-refractivity contribution < 1.29 is 23.8 Å². The van der Waals surface area contributed by atoms with Crippen LogP contribution in [0, 0.1) is 6.92 Å². The molecular weight excluding hydrogens is 272 g/mol. The number of aryl methyl sites for hydroxylation is 1. The van der Waals surface area contributed by atoms with Gasteiger partial charge in [-0.05, 0) is 37.6 Å². The lowest BCUT2D eigenvalue weighted by Gasteiger charge is -2.12. The highest BCUT2D eigenvalue weighted by molar-refractivity contribution is 6.30. The van der Waals surface area contributed by atoms with Gasteiger partial charge in [0, 0.05) is 5.02 Å². The van der Waals surface area contributed by atoms with Crippen LogP contribution in [0.2, 0.25) is 5.02 Å². The first-order valence-corrected chi connectivity index (χ1v) is 5.98. The predicted molar refractivity (Wildman–Crippen MR) is 69.3 cm³/mol. The molecule has 1 rings (SSSR count). The van der Waals surface area contributed by atoms with E-state index in [1.807, 2.05) is 6.92 Å². The predicted octanol–water partition coefficient (Wildman–Crippen LogP) is 2.13. The second kappa shape index (κ2) is 6.99. The van der Waals surface area contributed by atoms with E-state index < -0.39 is 18.0 Å². The Bertz CT molecular complexity index is 472. The van der Waals surface area contributed by atoms with E-state index in [1.54, 1.807) is 18.2 Å². The van der Waals surface area contributed by atoms with Crippen molar-refractivity contribution in [3.05, 3.63) is 28.8 Å². The maximum absolute atomic E-state index is 11.4. The number of carbonyl (C=O) groups excluding carboxylic acids is 2. The molecule has 0 amide bonds. The summed E-state index contributed by atoms with van der Waals surface area (Å²) in [7, 11) is 1.22. The Kier molecular flexibility index (Phi) is 5.63. The average molecular weight is 287 g/mol. The highest BCUT2D eigenvalue weighted by atomic mass is 35.5. The van der Waals surface area contributed by atoms with Crippen LogP contribution in [-0.4, -0.2) is 31.8 Å². The number of carbonyl (C=O) groups is 2. The van der Waals surface area contributed by atoms with Gasteiger partial charge in [0.05, 0.1) is 7.11 Å². The summed E-state index contributed by atoms with van der Waals surface area (Å²) in [4.78, 5) is 22.5. The van der Waals surface area contributed by atoms with Crippen molar-refractivity contribution in [2.45, 2.75) is 20.0 Å². The lowest BCUT2D eigenvalue weighted by atomic mass is 10.2. The highest BCUT2D eigenvalue weighted by Gasteiger charge is 2.18. The summed E-state index contributed by atoms with van der Waals surface area (Å²) >= 11 is 5.80. The van der Waals surface area contributed by atoms with E-state index in [4.69, 9.17) is 21.1 Å². The summed E-state index contributed by atoms with van der Waals surface area (Å²) in [6.45, 7) is 2.95. The van der Waals surface area contributed by atoms with Gasteiger partial charge in [0.2, 0.25) is 0 Å². The zero-order valence-corrected chi connectivity index (χ0v) is 11.7. The van der Waals surface area contributed by atoms with E-state index in [0.717, 1.165) is 5.56 Å². The van der Waals surface area contributed by atoms with Crippen LogP contribution in [0.15, 0.2) is 18.2 Å². The second-order valence-corrected chi connectivity index (χ2v) is 4.29. The molecule has 19 heavy (non-hydrogen) atoms. The van der Waals surface area contributed by atoms with Crippen LogP contribution < -0.4 is 4.74 Å². The van der Waals surface area contributed by atoms with Crippen LogP contribution in [0.1, 0.15) is 12.5 Å². The third kappa shape index (κ3) is 4.79. The number of methoxy groups -OCH3 is 1. The van der Waals surface area contributed by atoms with Gasteiger partial charge in [0.1, 0.15) is 5.75 Å². The third-order valence-corrected chi connectivity index (χ3v) is 2.56. The molecule has 0 aliphatic rings. The van der Waals surface area contributed by atoms with E-state index >= 15 is 0 Å². The molecule has 0 aliphatic heterocycles. The fourth-order valence-corrected chi connectivity index (χ4v) is 1.58. The quantitative estimate of drug-likeness (QED) is 0.776. The molecule has 0 saturated carbocycles. The lowest BCUT2D eigenvalue weighted by molar-refractivity contribution is -0.165. The van der Waals surface area contributed by atoms with E-state index in [-0.39, 0.29) is 6.61 Å². The van der Waals surface area contributed by atoms with Crippen LogP contribution >= 0.6 is 11.6 Å². The molecule has 0 heterocycles. The molecule has 0 unspecified atom stereocenters. The standard InChI is InChI=1S/C13H15ClO5/c1-8-6-10(14)4-5-11(8)18-7-12(15)19-9(2)13(16)17-3/h4-6,9H,7H2,1-3H3/t9-/m1/s1. The molecule has 0 N–H and O–H groups in total. The zero-order chi connectivity index (χ0) is 14.4. The Hall–Kier alpha value is -1.75. The number of benzene rings is 1. The van der Waals surface area contributed by atoms with E-state index in [0.29, 0.717) is 10.8 Å². The minimum atomic E-state index is -0.951. The smallest absolute Gasteiger partial charge is 0.346 e. The zero-order valence-electron chi connectivity index (χ0n) is 10.9. The molecule has 1 aromatic carbocycles. The molecule has 0 spiro atoms. The van der Waals surface area contributed by atoms with Crippen molar-refractivity contribution in [1.29, 1.82) is 0 Å². The SMILES string of the molecule is COC(=O)[C@@H](C)OC(=O)COc1ccc(Cl)cc1C. The van der Waals surface area contributed by atoms with Crippen molar-refractivity contribution in [1.82, 2.24) is 0 Å². The van der Waals surface area contributed by atoms with Crippen molar-refractivity contribution in [2.75, 3.05) is 13.7 Å². The van der Waals surface area contributed by atoms with Gasteiger partial charge in [-0.2, -0.15) is 0 Å². The number of ether oxygens (including phenoxy) is 3. The van der Waals surface area contributed by atoms with Gasteiger partial charge in [-0.25, -0.2) is 9.59 Å². The summed E-state index contributed by atoms with van der Waals surface area (Å²) in [5.74, 6) is -0.727. The van der Waals surface area contributed by atoms with Gasteiger partial charge in [0.15, 0.2) is 12.7 Å². The molecule has 5 nitrogen and oxygen atoms in total. The molecule has 0 radical (unpaired) electrons. The van der Waals surface area contributed by atoms with Gasteiger partial charge < -0.3 is 14.2 Å². The second-order valence-electron chi connectivity index (χ2n) is 3.85. The van der Waals surface area contributed by atoms with Crippen LogP contribution in [-0.2, 0) is 19.1 Å². The minimum absolute atomic E-state index is 0.288. The summed E-state index contributed by atoms with van der Waals surface area (Å²) < 4.78 is 14.5. The van der Waals surface area contributed by atoms with Crippen molar-refractivity contribution in [2.24, 2.45) is 0 Å². The monoisotopic (exact) mass is 286 g/mol. The molecule has 0 saturated heterocycles. The first-order chi connectivity index (χ1) is 8.93. The van der Waals surface area contributed by atoms with E-state index in [1.165, 1.54) is 14.0 Å². The number of esters is 2. The number of halogens is 1. The van der Waals surface area contributed by atoms with Crippen molar-refractivity contribution in [3.63, 3.8) is 0 Å². The summed E-state index contributed by atoms with van der Waals surface area (Å²) in [5, 5.41) is 0.590. The maximum Gasteiger partial charge on any atom is 0.346 e. The number of hydrogen-bond acceptors (Lipinski definition) is 5. The Morgan fingerprint density at radius 3 is 2.63 bits per heavy atom. The maximum atomic E-state index is 11.4. The number of rotatable bonds is 5. The van der Waals surface area contributed by atoms with Crippen LogP contribution in [0.25, 0.3) is 0 Å². The summed E-state index contributed by atoms with van der Waals surface area (Å²) in [6.07, 6.45) is -0.951. The van der Waals surface area contributed by atoms with Crippen LogP contribution in [0.3, 0.4) is 0 Å². The Labute approximate surface area is 116 Å². The lowest BCUT2D eigenvalue weighted by Crippen LogP contribution is -2.28.